The van der Waals surface area contributed by atoms with Crippen molar-refractivity contribution in [1.29, 1.82) is 0 Å². The van der Waals surface area contributed by atoms with Crippen molar-refractivity contribution >= 4 is 43.2 Å². The van der Waals surface area contributed by atoms with Gasteiger partial charge < -0.3 is 14.8 Å². The van der Waals surface area contributed by atoms with Crippen molar-refractivity contribution in [2.75, 3.05) is 11.9 Å². The van der Waals surface area contributed by atoms with E-state index in [0.717, 1.165) is 48.9 Å². The summed E-state index contributed by atoms with van der Waals surface area (Å²) in [5.74, 6) is 1.48. The lowest BCUT2D eigenvalue weighted by molar-refractivity contribution is 0.268. The Kier molecular flexibility index (Phi) is 7.77. The molecule has 0 atom stereocenters. The summed E-state index contributed by atoms with van der Waals surface area (Å²) in [6.45, 7) is 7.91. The first-order chi connectivity index (χ1) is 18.0. The SMILES string of the molecule is CCOc1cc(CNc2ccc(-c3nc4ccc(C)cc4s3)cc2)c(Br)cc1OCc1ccccc1C. The summed E-state index contributed by atoms with van der Waals surface area (Å²) in [4.78, 5) is 4.80. The van der Waals surface area contributed by atoms with E-state index in [1.807, 2.05) is 31.2 Å². The Morgan fingerprint density at radius 3 is 2.43 bits per heavy atom. The molecular weight excluding hydrogens is 544 g/mol. The molecule has 5 aromatic rings. The van der Waals surface area contributed by atoms with E-state index in [1.165, 1.54) is 15.8 Å². The normalized spacial score (nSPS) is 11.0. The maximum atomic E-state index is 6.16. The van der Waals surface area contributed by atoms with Gasteiger partial charge in [-0.05, 0) is 91.6 Å². The second kappa shape index (κ2) is 11.4. The number of nitrogens with zero attached hydrogens (tertiary/aromatic N) is 1. The minimum atomic E-state index is 0.497. The molecule has 4 aromatic carbocycles. The maximum absolute atomic E-state index is 6.16. The Morgan fingerprint density at radius 2 is 1.65 bits per heavy atom. The topological polar surface area (TPSA) is 43.4 Å². The fourth-order valence-corrected chi connectivity index (χ4v) is 5.64. The fraction of sp³-hybridized carbons (Fsp3) is 0.194. The lowest BCUT2D eigenvalue weighted by atomic mass is 10.1. The van der Waals surface area contributed by atoms with Gasteiger partial charge in [0.2, 0.25) is 0 Å². The number of hydrogen-bond donors (Lipinski definition) is 1. The zero-order valence-electron chi connectivity index (χ0n) is 21.2. The quantitative estimate of drug-likeness (QED) is 0.191. The molecule has 0 saturated carbocycles. The van der Waals surface area contributed by atoms with Gasteiger partial charge in [0.1, 0.15) is 11.6 Å². The van der Waals surface area contributed by atoms with Gasteiger partial charge >= 0.3 is 0 Å². The van der Waals surface area contributed by atoms with E-state index in [9.17, 15) is 0 Å². The standard InChI is InChI=1S/C31H29BrN2O2S/c1-4-35-28-16-24(26(32)17-29(28)36-19-23-8-6-5-7-21(23)3)18-33-25-12-10-22(11-13-25)31-34-27-14-9-20(2)15-30(27)37-31/h5-17,33H,4,18-19H2,1-3H3. The smallest absolute Gasteiger partial charge is 0.162 e. The highest BCUT2D eigenvalue weighted by molar-refractivity contribution is 9.10. The summed E-state index contributed by atoms with van der Waals surface area (Å²) in [5.41, 5.74) is 7.95. The molecule has 0 amide bonds. The zero-order chi connectivity index (χ0) is 25.8. The second-order valence-corrected chi connectivity index (χ2v) is 10.8. The van der Waals surface area contributed by atoms with Crippen LogP contribution in [0.5, 0.6) is 11.5 Å². The highest BCUT2D eigenvalue weighted by Crippen LogP contribution is 2.35. The number of aryl methyl sites for hydroxylation is 2. The Hall–Kier alpha value is -3.35. The first-order valence-corrected chi connectivity index (χ1v) is 13.9. The molecule has 0 aliphatic heterocycles. The fourth-order valence-electron chi connectivity index (χ4n) is 4.10. The molecule has 0 radical (unpaired) electrons. The first kappa shape index (κ1) is 25.3. The van der Waals surface area contributed by atoms with E-state index in [1.54, 1.807) is 11.3 Å². The zero-order valence-corrected chi connectivity index (χ0v) is 23.6. The molecule has 1 heterocycles. The summed E-state index contributed by atoms with van der Waals surface area (Å²) in [6, 6.07) is 27.1. The minimum absolute atomic E-state index is 0.497. The number of aromatic nitrogens is 1. The first-order valence-electron chi connectivity index (χ1n) is 12.3. The molecule has 0 aliphatic carbocycles. The molecule has 0 spiro atoms. The highest BCUT2D eigenvalue weighted by Gasteiger charge is 2.12. The molecule has 1 aromatic heterocycles. The summed E-state index contributed by atoms with van der Waals surface area (Å²) in [6.07, 6.45) is 0. The summed E-state index contributed by atoms with van der Waals surface area (Å²) < 4.78 is 14.3. The van der Waals surface area contributed by atoms with Crippen LogP contribution in [0.15, 0.2) is 83.3 Å². The minimum Gasteiger partial charge on any atom is -0.490 e. The largest absolute Gasteiger partial charge is 0.490 e. The molecule has 188 valence electrons. The number of fused-ring (bicyclic) bond motifs is 1. The number of halogens is 1. The van der Waals surface area contributed by atoms with Crippen molar-refractivity contribution < 1.29 is 9.47 Å². The van der Waals surface area contributed by atoms with E-state index >= 15 is 0 Å². The summed E-state index contributed by atoms with van der Waals surface area (Å²) >= 11 is 5.46. The van der Waals surface area contributed by atoms with E-state index in [-0.39, 0.29) is 0 Å². The van der Waals surface area contributed by atoms with Gasteiger partial charge in [0.05, 0.1) is 16.8 Å². The molecule has 5 rings (SSSR count). The predicted octanol–water partition coefficient (Wildman–Crippen LogP) is 8.93. The van der Waals surface area contributed by atoms with Crippen molar-refractivity contribution in [1.82, 2.24) is 4.98 Å². The third kappa shape index (κ3) is 5.97. The average Bonchev–Trinajstić information content (AvgIpc) is 3.32. The van der Waals surface area contributed by atoms with Gasteiger partial charge in [0, 0.05) is 22.3 Å². The van der Waals surface area contributed by atoms with Crippen molar-refractivity contribution in [3.8, 4) is 22.1 Å². The predicted molar refractivity (Wildman–Crippen MR) is 158 cm³/mol. The molecule has 0 fully saturated rings. The van der Waals surface area contributed by atoms with Gasteiger partial charge in [-0.15, -0.1) is 11.3 Å². The van der Waals surface area contributed by atoms with Crippen LogP contribution in [0.1, 0.15) is 29.2 Å². The molecule has 4 nitrogen and oxygen atoms in total. The second-order valence-electron chi connectivity index (χ2n) is 8.96. The lowest BCUT2D eigenvalue weighted by Gasteiger charge is -2.16. The number of rotatable bonds is 9. The molecular formula is C31H29BrN2O2S. The van der Waals surface area contributed by atoms with E-state index in [0.29, 0.717) is 19.8 Å². The number of thiazole rings is 1. The number of nitrogens with one attached hydrogen (secondary N) is 1. The average molecular weight is 574 g/mol. The monoisotopic (exact) mass is 572 g/mol. The Bertz CT molecular complexity index is 1530. The van der Waals surface area contributed by atoms with Gasteiger partial charge in [-0.3, -0.25) is 0 Å². The van der Waals surface area contributed by atoms with E-state index in [2.05, 4.69) is 89.7 Å². The Labute approximate surface area is 230 Å². The van der Waals surface area contributed by atoms with Crippen LogP contribution in [0.3, 0.4) is 0 Å². The molecule has 0 bridgehead atoms. The van der Waals surface area contributed by atoms with Crippen LogP contribution >= 0.6 is 27.3 Å². The lowest BCUT2D eigenvalue weighted by Crippen LogP contribution is -2.04. The van der Waals surface area contributed by atoms with Crippen LogP contribution in [-0.2, 0) is 13.2 Å². The Morgan fingerprint density at radius 1 is 0.865 bits per heavy atom. The molecule has 37 heavy (non-hydrogen) atoms. The maximum Gasteiger partial charge on any atom is 0.162 e. The number of anilines is 1. The van der Waals surface area contributed by atoms with Crippen molar-refractivity contribution in [2.45, 2.75) is 33.9 Å². The van der Waals surface area contributed by atoms with Gasteiger partial charge in [0.25, 0.3) is 0 Å². The van der Waals surface area contributed by atoms with Crippen LogP contribution in [-0.4, -0.2) is 11.6 Å². The van der Waals surface area contributed by atoms with Gasteiger partial charge in [0.15, 0.2) is 11.5 Å². The van der Waals surface area contributed by atoms with Gasteiger partial charge in [-0.1, -0.05) is 46.3 Å². The number of hydrogen-bond acceptors (Lipinski definition) is 5. The highest BCUT2D eigenvalue weighted by atomic mass is 79.9. The third-order valence-electron chi connectivity index (χ3n) is 6.22. The van der Waals surface area contributed by atoms with Crippen LogP contribution < -0.4 is 14.8 Å². The van der Waals surface area contributed by atoms with Gasteiger partial charge in [-0.2, -0.15) is 0 Å². The van der Waals surface area contributed by atoms with Crippen molar-refractivity contribution in [3.63, 3.8) is 0 Å². The molecule has 0 unspecified atom stereocenters. The third-order valence-corrected chi connectivity index (χ3v) is 8.02. The summed E-state index contributed by atoms with van der Waals surface area (Å²) in [7, 11) is 0. The molecule has 1 N–H and O–H groups in total. The van der Waals surface area contributed by atoms with E-state index in [4.69, 9.17) is 14.5 Å². The Balaban J connectivity index is 1.27. The van der Waals surface area contributed by atoms with Crippen molar-refractivity contribution in [3.05, 3.63) is 106 Å². The van der Waals surface area contributed by atoms with Gasteiger partial charge in [-0.25, -0.2) is 4.98 Å². The van der Waals surface area contributed by atoms with Crippen LogP contribution in [0.4, 0.5) is 5.69 Å². The molecule has 6 heteroatoms. The van der Waals surface area contributed by atoms with Crippen LogP contribution in [0.25, 0.3) is 20.8 Å². The molecule has 0 aliphatic rings. The number of ether oxygens (including phenoxy) is 2. The number of benzene rings is 4. The molecule has 0 saturated heterocycles. The van der Waals surface area contributed by atoms with Crippen LogP contribution in [0.2, 0.25) is 0 Å². The van der Waals surface area contributed by atoms with E-state index < -0.39 is 0 Å². The van der Waals surface area contributed by atoms with Crippen LogP contribution in [0, 0.1) is 13.8 Å². The van der Waals surface area contributed by atoms with Crippen molar-refractivity contribution in [2.24, 2.45) is 0 Å². The summed E-state index contributed by atoms with van der Waals surface area (Å²) in [5, 5.41) is 4.56.